The Morgan fingerprint density at radius 2 is 1.58 bits per heavy atom. The highest BCUT2D eigenvalue weighted by molar-refractivity contribution is 6.34. The van der Waals surface area contributed by atoms with Crippen LogP contribution in [0.3, 0.4) is 0 Å². The molecule has 176 valence electrons. The quantitative estimate of drug-likeness (QED) is 0.430. The summed E-state index contributed by atoms with van der Waals surface area (Å²) >= 11 is 6.36. The smallest absolute Gasteiger partial charge is 0.384 e. The van der Waals surface area contributed by atoms with Gasteiger partial charge in [0.15, 0.2) is 0 Å². The summed E-state index contributed by atoms with van der Waals surface area (Å²) in [5.74, 6) is -1.51. The minimum Gasteiger partial charge on any atom is -0.384 e. The number of fused-ring (bicyclic) bond motifs is 1. The van der Waals surface area contributed by atoms with E-state index in [1.165, 1.54) is 13.0 Å². The van der Waals surface area contributed by atoms with Gasteiger partial charge in [0, 0.05) is 24.0 Å². The molecular weight excluding hydrogens is 472 g/mol. The fraction of sp³-hybridized carbons (Fsp3) is 0.381. The van der Waals surface area contributed by atoms with Gasteiger partial charge in [0.25, 0.3) is 0 Å². The van der Waals surface area contributed by atoms with Crippen molar-refractivity contribution in [2.24, 2.45) is 0 Å². The fourth-order valence-electron chi connectivity index (χ4n) is 4.04. The molecule has 0 unspecified atom stereocenters. The highest BCUT2D eigenvalue weighted by Crippen LogP contribution is 2.43. The number of hydrogen-bond acceptors (Lipinski definition) is 5. The van der Waals surface area contributed by atoms with E-state index in [1.807, 2.05) is 0 Å². The van der Waals surface area contributed by atoms with Crippen molar-refractivity contribution in [2.75, 3.05) is 23.7 Å². The lowest BCUT2D eigenvalue weighted by Crippen LogP contribution is -2.31. The second kappa shape index (κ2) is 8.19. The predicted molar refractivity (Wildman–Crippen MR) is 113 cm³/mol. The fourth-order valence-corrected chi connectivity index (χ4v) is 4.29. The lowest BCUT2D eigenvalue weighted by Gasteiger charge is -2.29. The molecule has 1 fully saturated rings. The van der Waals surface area contributed by atoms with Crippen LogP contribution in [0.15, 0.2) is 18.2 Å². The molecule has 0 saturated carbocycles. The number of aryl methyl sites for hydroxylation is 1. The van der Waals surface area contributed by atoms with Gasteiger partial charge < -0.3 is 10.6 Å². The Balaban J connectivity index is 2.02. The van der Waals surface area contributed by atoms with E-state index in [2.05, 4.69) is 15.0 Å². The molecule has 0 radical (unpaired) electrons. The Hall–Kier alpha value is -2.82. The molecule has 4 rings (SSSR count). The average molecular weight is 490 g/mol. The summed E-state index contributed by atoms with van der Waals surface area (Å²) in [6.45, 7) is 2.21. The van der Waals surface area contributed by atoms with Crippen molar-refractivity contribution in [2.45, 2.75) is 38.5 Å². The zero-order valence-corrected chi connectivity index (χ0v) is 18.0. The molecule has 12 heteroatoms. The van der Waals surface area contributed by atoms with Gasteiger partial charge in [-0.25, -0.2) is 15.0 Å². The summed E-state index contributed by atoms with van der Waals surface area (Å²) in [5, 5.41) is 0.0833. The first-order valence-electron chi connectivity index (χ1n) is 10.0. The first-order chi connectivity index (χ1) is 15.4. The third kappa shape index (κ3) is 4.50. The Morgan fingerprint density at radius 1 is 0.909 bits per heavy atom. The van der Waals surface area contributed by atoms with E-state index in [9.17, 15) is 26.3 Å². The number of nitrogens with zero attached hydrogens (tertiary/aromatic N) is 4. The summed E-state index contributed by atoms with van der Waals surface area (Å²) < 4.78 is 82.0. The highest BCUT2D eigenvalue weighted by atomic mass is 35.5. The number of alkyl halides is 6. The van der Waals surface area contributed by atoms with E-state index < -0.39 is 29.4 Å². The minimum absolute atomic E-state index is 0.0493. The predicted octanol–water partition coefficient (Wildman–Crippen LogP) is 6.26. The maximum Gasteiger partial charge on any atom is 0.451 e. The van der Waals surface area contributed by atoms with Crippen molar-refractivity contribution in [1.82, 2.24) is 15.0 Å². The van der Waals surface area contributed by atoms with Gasteiger partial charge in [-0.3, -0.25) is 0 Å². The number of nitrogen functional groups attached to an aromatic ring is 1. The lowest BCUT2D eigenvalue weighted by atomic mass is 9.99. The van der Waals surface area contributed by atoms with Crippen LogP contribution in [0.4, 0.5) is 38.0 Å². The number of anilines is 2. The lowest BCUT2D eigenvalue weighted by molar-refractivity contribution is -0.144. The third-order valence-electron chi connectivity index (χ3n) is 5.45. The monoisotopic (exact) mass is 489 g/mol. The summed E-state index contributed by atoms with van der Waals surface area (Å²) in [5.41, 5.74) is 3.44. The number of halogens is 7. The maximum absolute atomic E-state index is 13.8. The van der Waals surface area contributed by atoms with E-state index in [-0.39, 0.29) is 38.7 Å². The van der Waals surface area contributed by atoms with Crippen molar-refractivity contribution in [1.29, 1.82) is 0 Å². The summed E-state index contributed by atoms with van der Waals surface area (Å²) in [7, 11) is 0. The molecule has 2 aromatic heterocycles. The van der Waals surface area contributed by atoms with Crippen LogP contribution in [-0.4, -0.2) is 28.0 Å². The van der Waals surface area contributed by atoms with Gasteiger partial charge in [-0.05, 0) is 49.9 Å². The molecule has 33 heavy (non-hydrogen) atoms. The number of benzene rings is 1. The molecule has 0 bridgehead atoms. The summed E-state index contributed by atoms with van der Waals surface area (Å²) in [6.07, 6.45) is -7.14. The van der Waals surface area contributed by atoms with E-state index >= 15 is 0 Å². The average Bonchev–Trinajstić information content (AvgIpc) is 2.71. The van der Waals surface area contributed by atoms with Crippen molar-refractivity contribution >= 4 is 34.1 Å². The maximum atomic E-state index is 13.8. The SMILES string of the molecule is Cc1cc(N)nc(-c2cc3nc(C(F)(F)F)nc(N4CCCCC4)c3cc2Cl)c1C(F)(F)F. The summed E-state index contributed by atoms with van der Waals surface area (Å²) in [6, 6.07) is 3.44. The van der Waals surface area contributed by atoms with Crippen molar-refractivity contribution in [3.8, 4) is 11.3 Å². The van der Waals surface area contributed by atoms with Crippen LogP contribution in [0.1, 0.15) is 36.2 Å². The van der Waals surface area contributed by atoms with E-state index in [0.29, 0.717) is 13.1 Å². The Bertz CT molecular complexity index is 1220. The molecule has 5 nitrogen and oxygen atoms in total. The second-order valence-electron chi connectivity index (χ2n) is 7.85. The second-order valence-corrected chi connectivity index (χ2v) is 8.26. The minimum atomic E-state index is -4.85. The molecule has 1 saturated heterocycles. The zero-order chi connectivity index (χ0) is 24.1. The van der Waals surface area contributed by atoms with Crippen LogP contribution in [0.5, 0.6) is 0 Å². The van der Waals surface area contributed by atoms with Gasteiger partial charge >= 0.3 is 12.4 Å². The molecule has 1 aromatic carbocycles. The van der Waals surface area contributed by atoms with Crippen LogP contribution < -0.4 is 10.6 Å². The molecular formula is C21H18ClF6N5. The van der Waals surface area contributed by atoms with Gasteiger partial charge in [-0.2, -0.15) is 26.3 Å². The van der Waals surface area contributed by atoms with Crippen LogP contribution in [0.25, 0.3) is 22.2 Å². The highest BCUT2D eigenvalue weighted by Gasteiger charge is 2.38. The Kier molecular flexibility index (Phi) is 5.80. The number of rotatable bonds is 2. The van der Waals surface area contributed by atoms with Crippen LogP contribution in [-0.2, 0) is 12.4 Å². The van der Waals surface area contributed by atoms with Gasteiger partial charge in [0.1, 0.15) is 11.6 Å². The molecule has 1 aliphatic heterocycles. The number of pyridine rings is 1. The first-order valence-corrected chi connectivity index (χ1v) is 10.4. The van der Waals surface area contributed by atoms with Gasteiger partial charge in [-0.1, -0.05) is 11.6 Å². The van der Waals surface area contributed by atoms with E-state index in [0.717, 1.165) is 31.4 Å². The van der Waals surface area contributed by atoms with Gasteiger partial charge in [-0.15, -0.1) is 0 Å². The van der Waals surface area contributed by atoms with Crippen molar-refractivity contribution in [3.63, 3.8) is 0 Å². The van der Waals surface area contributed by atoms with E-state index in [4.69, 9.17) is 17.3 Å². The molecule has 2 N–H and O–H groups in total. The summed E-state index contributed by atoms with van der Waals surface area (Å²) in [4.78, 5) is 12.9. The third-order valence-corrected chi connectivity index (χ3v) is 5.76. The molecule has 0 spiro atoms. The normalized spacial score (nSPS) is 15.3. The molecule has 3 heterocycles. The van der Waals surface area contributed by atoms with Crippen molar-refractivity contribution in [3.05, 3.63) is 40.2 Å². The molecule has 0 amide bonds. The topological polar surface area (TPSA) is 67.9 Å². The Labute approximate surface area is 189 Å². The van der Waals surface area contributed by atoms with Gasteiger partial charge in [0.05, 0.1) is 21.8 Å². The number of hydrogen-bond donors (Lipinski definition) is 1. The van der Waals surface area contributed by atoms with E-state index in [1.54, 1.807) is 4.90 Å². The molecule has 0 aliphatic carbocycles. The van der Waals surface area contributed by atoms with Gasteiger partial charge in [0.2, 0.25) is 5.82 Å². The van der Waals surface area contributed by atoms with Crippen molar-refractivity contribution < 1.29 is 26.3 Å². The van der Waals surface area contributed by atoms with Crippen LogP contribution in [0.2, 0.25) is 5.02 Å². The standard InChI is InChI=1S/C21H18ClF6N5/c1-10-7-15(29)31-17(16(10)20(23,24)25)11-9-14-12(8-13(11)22)18(33-5-3-2-4-6-33)32-19(30-14)21(26,27)28/h7-9H,2-6H2,1H3,(H2,29,31). The molecule has 1 aliphatic rings. The largest absolute Gasteiger partial charge is 0.451 e. The van der Waals surface area contributed by atoms with Crippen LogP contribution >= 0.6 is 11.6 Å². The zero-order valence-electron chi connectivity index (χ0n) is 17.3. The molecule has 3 aromatic rings. The number of nitrogens with two attached hydrogens (primary N) is 1. The first kappa shape index (κ1) is 23.3. The molecule has 0 atom stereocenters. The number of aromatic nitrogens is 3. The Morgan fingerprint density at radius 3 is 2.18 bits per heavy atom. The number of piperidine rings is 1. The van der Waals surface area contributed by atoms with Crippen LogP contribution in [0, 0.1) is 6.92 Å².